The second-order valence-electron chi connectivity index (χ2n) is 4.60. The number of aliphatic imine (C=N–C) groups is 1. The highest BCUT2D eigenvalue weighted by Gasteiger charge is 2.42. The largest absolute Gasteiger partial charge is 0.454 e. The molecule has 5 heteroatoms. The molecule has 18 heavy (non-hydrogen) atoms. The van der Waals surface area contributed by atoms with Crippen LogP contribution in [0.4, 0.5) is 4.39 Å². The summed E-state index contributed by atoms with van der Waals surface area (Å²) in [7, 11) is 0. The molecule has 0 radical (unpaired) electrons. The lowest BCUT2D eigenvalue weighted by atomic mass is 9.87. The first kappa shape index (κ1) is 11.2. The van der Waals surface area contributed by atoms with Gasteiger partial charge >= 0.3 is 0 Å². The van der Waals surface area contributed by atoms with Crippen LogP contribution in [0.3, 0.4) is 0 Å². The van der Waals surface area contributed by atoms with Gasteiger partial charge in [-0.05, 0) is 25.0 Å². The molecule has 0 spiro atoms. The lowest BCUT2D eigenvalue weighted by molar-refractivity contribution is 0.171. The van der Waals surface area contributed by atoms with Crippen LogP contribution in [0.1, 0.15) is 31.2 Å². The van der Waals surface area contributed by atoms with Crippen LogP contribution >= 0.6 is 0 Å². The number of isocyanates is 1. The minimum Gasteiger partial charge on any atom is -0.454 e. The Labute approximate surface area is 103 Å². The molecule has 3 rings (SSSR count). The number of ether oxygens (including phenoxy) is 2. The van der Waals surface area contributed by atoms with Crippen molar-refractivity contribution in [3.63, 3.8) is 0 Å². The fraction of sp³-hybridized carbons (Fsp3) is 0.462. The third kappa shape index (κ3) is 1.51. The molecular formula is C13H12FNO3. The fourth-order valence-corrected chi connectivity index (χ4v) is 2.85. The van der Waals surface area contributed by atoms with E-state index in [0.717, 1.165) is 12.8 Å². The van der Waals surface area contributed by atoms with Crippen molar-refractivity contribution in [2.45, 2.75) is 31.2 Å². The van der Waals surface area contributed by atoms with Crippen molar-refractivity contribution >= 4 is 6.08 Å². The van der Waals surface area contributed by atoms with E-state index in [1.165, 1.54) is 12.1 Å². The highest BCUT2D eigenvalue weighted by atomic mass is 19.1. The number of benzene rings is 1. The van der Waals surface area contributed by atoms with Crippen LogP contribution in [0, 0.1) is 5.82 Å². The Morgan fingerprint density at radius 2 is 2.06 bits per heavy atom. The normalized spacial score (nSPS) is 19.6. The van der Waals surface area contributed by atoms with E-state index in [0.29, 0.717) is 29.9 Å². The van der Waals surface area contributed by atoms with Crippen LogP contribution in [0.2, 0.25) is 0 Å². The maximum Gasteiger partial charge on any atom is 0.235 e. The summed E-state index contributed by atoms with van der Waals surface area (Å²) >= 11 is 0. The van der Waals surface area contributed by atoms with Gasteiger partial charge in [-0.25, -0.2) is 9.18 Å². The number of hydrogen-bond acceptors (Lipinski definition) is 4. The molecule has 0 atom stereocenters. The number of rotatable bonds is 2. The molecule has 0 saturated heterocycles. The average molecular weight is 249 g/mol. The van der Waals surface area contributed by atoms with Gasteiger partial charge in [0.15, 0.2) is 11.5 Å². The van der Waals surface area contributed by atoms with Gasteiger partial charge in [0.25, 0.3) is 0 Å². The van der Waals surface area contributed by atoms with E-state index in [1.54, 1.807) is 6.08 Å². The van der Waals surface area contributed by atoms with Crippen LogP contribution in [-0.4, -0.2) is 12.9 Å². The average Bonchev–Trinajstić information content (AvgIpc) is 2.98. The summed E-state index contributed by atoms with van der Waals surface area (Å²) < 4.78 is 24.7. The summed E-state index contributed by atoms with van der Waals surface area (Å²) in [6.07, 6.45) is 4.68. The molecule has 2 aliphatic rings. The number of carbonyl (C=O) groups excluding carboxylic acids is 1. The second-order valence-corrected chi connectivity index (χ2v) is 4.60. The Hall–Kier alpha value is -1.87. The number of halogens is 1. The molecule has 1 saturated carbocycles. The first-order valence-corrected chi connectivity index (χ1v) is 5.94. The quantitative estimate of drug-likeness (QED) is 0.598. The van der Waals surface area contributed by atoms with E-state index in [9.17, 15) is 9.18 Å². The van der Waals surface area contributed by atoms with Crippen LogP contribution in [0.5, 0.6) is 11.5 Å². The molecule has 1 aliphatic heterocycles. The molecule has 94 valence electrons. The number of hydrogen-bond donors (Lipinski definition) is 0. The van der Waals surface area contributed by atoms with Crippen molar-refractivity contribution in [3.8, 4) is 11.5 Å². The third-order valence-electron chi connectivity index (χ3n) is 3.64. The SMILES string of the molecule is O=C=NC1(c2c(F)ccc3c2OCO3)CCCC1. The van der Waals surface area contributed by atoms with Crippen molar-refractivity contribution in [2.24, 2.45) is 4.99 Å². The molecule has 4 nitrogen and oxygen atoms in total. The van der Waals surface area contributed by atoms with Gasteiger partial charge in [0, 0.05) is 0 Å². The summed E-state index contributed by atoms with van der Waals surface area (Å²) in [4.78, 5) is 14.5. The van der Waals surface area contributed by atoms with Gasteiger partial charge in [-0.2, -0.15) is 4.99 Å². The molecule has 1 fully saturated rings. The zero-order valence-electron chi connectivity index (χ0n) is 9.74. The van der Waals surface area contributed by atoms with Crippen molar-refractivity contribution in [2.75, 3.05) is 6.79 Å². The molecule has 0 N–H and O–H groups in total. The molecule has 1 aromatic carbocycles. The Bertz CT molecular complexity index is 531. The summed E-state index contributed by atoms with van der Waals surface area (Å²) in [5, 5.41) is 0. The smallest absolute Gasteiger partial charge is 0.235 e. The Balaban J connectivity index is 2.21. The molecule has 1 aliphatic carbocycles. The lowest BCUT2D eigenvalue weighted by Crippen LogP contribution is -2.21. The minimum absolute atomic E-state index is 0.0761. The van der Waals surface area contributed by atoms with Crippen LogP contribution < -0.4 is 9.47 Å². The zero-order chi connectivity index (χ0) is 12.6. The van der Waals surface area contributed by atoms with Gasteiger partial charge in [-0.3, -0.25) is 0 Å². The Kier molecular flexibility index (Phi) is 2.56. The van der Waals surface area contributed by atoms with Crippen LogP contribution in [0.25, 0.3) is 0 Å². The number of fused-ring (bicyclic) bond motifs is 1. The second kappa shape index (κ2) is 4.10. The van der Waals surface area contributed by atoms with E-state index in [1.807, 2.05) is 0 Å². The van der Waals surface area contributed by atoms with Gasteiger partial charge in [0.2, 0.25) is 12.9 Å². The lowest BCUT2D eigenvalue weighted by Gasteiger charge is -2.24. The summed E-state index contributed by atoms with van der Waals surface area (Å²) in [5.74, 6) is 0.495. The van der Waals surface area contributed by atoms with Crippen molar-refractivity contribution in [1.82, 2.24) is 0 Å². The van der Waals surface area contributed by atoms with Gasteiger partial charge in [-0.15, -0.1) is 0 Å². The Morgan fingerprint density at radius 1 is 1.28 bits per heavy atom. The minimum atomic E-state index is -0.828. The first-order chi connectivity index (χ1) is 8.77. The summed E-state index contributed by atoms with van der Waals surface area (Å²) in [5.41, 5.74) is -0.483. The van der Waals surface area contributed by atoms with Crippen molar-refractivity contribution in [3.05, 3.63) is 23.5 Å². The van der Waals surface area contributed by atoms with Gasteiger partial charge in [0.1, 0.15) is 11.4 Å². The molecule has 1 heterocycles. The van der Waals surface area contributed by atoms with E-state index in [2.05, 4.69) is 4.99 Å². The summed E-state index contributed by atoms with van der Waals surface area (Å²) in [6, 6.07) is 2.87. The predicted octanol–water partition coefficient (Wildman–Crippen LogP) is 2.66. The molecule has 0 aromatic heterocycles. The molecule has 1 aromatic rings. The molecule has 0 bridgehead atoms. The molecule has 0 unspecified atom stereocenters. The third-order valence-corrected chi connectivity index (χ3v) is 3.64. The number of nitrogens with zero attached hydrogens (tertiary/aromatic N) is 1. The van der Waals surface area contributed by atoms with Crippen molar-refractivity contribution < 1.29 is 18.7 Å². The van der Waals surface area contributed by atoms with Gasteiger partial charge in [-0.1, -0.05) is 12.8 Å². The highest BCUT2D eigenvalue weighted by Crippen LogP contribution is 2.50. The van der Waals surface area contributed by atoms with Gasteiger partial charge < -0.3 is 9.47 Å². The van der Waals surface area contributed by atoms with Crippen molar-refractivity contribution in [1.29, 1.82) is 0 Å². The van der Waals surface area contributed by atoms with Crippen LogP contribution in [0.15, 0.2) is 17.1 Å². The van der Waals surface area contributed by atoms with E-state index in [4.69, 9.17) is 9.47 Å². The predicted molar refractivity (Wildman–Crippen MR) is 60.8 cm³/mol. The molecular weight excluding hydrogens is 237 g/mol. The molecule has 0 amide bonds. The zero-order valence-corrected chi connectivity index (χ0v) is 9.74. The van der Waals surface area contributed by atoms with Gasteiger partial charge in [0.05, 0.1) is 5.56 Å². The standard InChI is InChI=1S/C13H12FNO3/c14-9-3-4-10-12(18-8-17-10)11(9)13(15-7-16)5-1-2-6-13/h3-4H,1-2,5-6,8H2. The fourth-order valence-electron chi connectivity index (χ4n) is 2.85. The first-order valence-electron chi connectivity index (χ1n) is 5.94. The maximum atomic E-state index is 14.1. The topological polar surface area (TPSA) is 47.9 Å². The van der Waals surface area contributed by atoms with E-state index < -0.39 is 11.4 Å². The monoisotopic (exact) mass is 249 g/mol. The highest BCUT2D eigenvalue weighted by molar-refractivity contribution is 5.53. The van der Waals surface area contributed by atoms with E-state index in [-0.39, 0.29) is 6.79 Å². The van der Waals surface area contributed by atoms with E-state index >= 15 is 0 Å². The van der Waals surface area contributed by atoms with Crippen LogP contribution in [-0.2, 0) is 10.3 Å². The maximum absolute atomic E-state index is 14.1. The Morgan fingerprint density at radius 3 is 2.78 bits per heavy atom. The summed E-state index contributed by atoms with van der Waals surface area (Å²) in [6.45, 7) is 0.0761.